The van der Waals surface area contributed by atoms with Crippen LogP contribution in [0.25, 0.3) is 0 Å². The van der Waals surface area contributed by atoms with Crippen LogP contribution in [-0.4, -0.2) is 30.6 Å². The first-order chi connectivity index (χ1) is 8.22. The second-order valence-electron chi connectivity index (χ2n) is 4.73. The van der Waals surface area contributed by atoms with E-state index < -0.39 is 0 Å². The molecule has 2 rings (SSSR count). The highest BCUT2D eigenvalue weighted by Crippen LogP contribution is 2.34. The Morgan fingerprint density at radius 2 is 2.24 bits per heavy atom. The zero-order valence-corrected chi connectivity index (χ0v) is 10.4. The van der Waals surface area contributed by atoms with Gasteiger partial charge in [-0.05, 0) is 19.9 Å². The molecule has 0 amide bonds. The van der Waals surface area contributed by atoms with Crippen molar-refractivity contribution in [1.82, 2.24) is 4.90 Å². The Hall–Kier alpha value is -1.53. The minimum Gasteiger partial charge on any atom is -0.493 e. The number of ether oxygens (including phenoxy) is 1. The van der Waals surface area contributed by atoms with Gasteiger partial charge >= 0.3 is 0 Å². The first kappa shape index (κ1) is 11.9. The third kappa shape index (κ3) is 2.59. The average Bonchev–Trinajstić information content (AvgIpc) is 2.72. The molecular formula is C14H18N2O. The maximum Gasteiger partial charge on any atom is 0.122 e. The predicted octanol–water partition coefficient (Wildman–Crippen LogP) is 2.40. The Morgan fingerprint density at radius 3 is 2.94 bits per heavy atom. The van der Waals surface area contributed by atoms with Crippen LogP contribution in [0.5, 0.6) is 5.75 Å². The van der Waals surface area contributed by atoms with Gasteiger partial charge in [-0.2, -0.15) is 5.26 Å². The number of benzene rings is 1. The molecule has 1 aromatic carbocycles. The van der Waals surface area contributed by atoms with E-state index in [1.54, 1.807) is 0 Å². The second-order valence-corrected chi connectivity index (χ2v) is 4.73. The summed E-state index contributed by atoms with van der Waals surface area (Å²) in [6, 6.07) is 10.8. The number of fused-ring (bicyclic) bond motifs is 1. The van der Waals surface area contributed by atoms with Crippen molar-refractivity contribution in [3.8, 4) is 11.8 Å². The summed E-state index contributed by atoms with van der Waals surface area (Å²) in [5.74, 6) is 1.39. The SMILES string of the molecule is CC(C)N(CC#N)CC1COc2ccccc21. The molecule has 3 heteroatoms. The van der Waals surface area contributed by atoms with Gasteiger partial charge in [0.15, 0.2) is 0 Å². The molecular weight excluding hydrogens is 212 g/mol. The number of para-hydroxylation sites is 1. The summed E-state index contributed by atoms with van der Waals surface area (Å²) in [5.41, 5.74) is 1.27. The molecule has 1 aromatic rings. The highest BCUT2D eigenvalue weighted by Gasteiger charge is 2.26. The van der Waals surface area contributed by atoms with E-state index in [0.29, 0.717) is 18.5 Å². The quantitative estimate of drug-likeness (QED) is 0.745. The topological polar surface area (TPSA) is 36.3 Å². The van der Waals surface area contributed by atoms with Gasteiger partial charge in [-0.25, -0.2) is 0 Å². The van der Waals surface area contributed by atoms with E-state index in [0.717, 1.165) is 18.9 Å². The molecule has 17 heavy (non-hydrogen) atoms. The van der Waals surface area contributed by atoms with Gasteiger partial charge in [-0.1, -0.05) is 18.2 Å². The number of nitrogens with zero attached hydrogens (tertiary/aromatic N) is 2. The normalized spacial score (nSPS) is 17.9. The fourth-order valence-corrected chi connectivity index (χ4v) is 2.21. The van der Waals surface area contributed by atoms with Crippen molar-refractivity contribution in [2.75, 3.05) is 19.7 Å². The Balaban J connectivity index is 2.08. The largest absolute Gasteiger partial charge is 0.493 e. The second kappa shape index (κ2) is 5.20. The molecule has 0 fully saturated rings. The fourth-order valence-electron chi connectivity index (χ4n) is 2.21. The first-order valence-electron chi connectivity index (χ1n) is 6.05. The van der Waals surface area contributed by atoms with Crippen molar-refractivity contribution in [2.45, 2.75) is 25.8 Å². The van der Waals surface area contributed by atoms with Crippen LogP contribution in [-0.2, 0) is 0 Å². The molecule has 3 nitrogen and oxygen atoms in total. The van der Waals surface area contributed by atoms with E-state index in [9.17, 15) is 0 Å². The van der Waals surface area contributed by atoms with Gasteiger partial charge < -0.3 is 4.74 Å². The number of hydrogen-bond acceptors (Lipinski definition) is 3. The van der Waals surface area contributed by atoms with Crippen molar-refractivity contribution in [3.63, 3.8) is 0 Å². The van der Waals surface area contributed by atoms with E-state index in [1.807, 2.05) is 18.2 Å². The maximum absolute atomic E-state index is 8.83. The Bertz CT molecular complexity index is 422. The molecule has 0 aromatic heterocycles. The third-order valence-corrected chi connectivity index (χ3v) is 3.26. The predicted molar refractivity (Wildman–Crippen MR) is 67.0 cm³/mol. The van der Waals surface area contributed by atoms with Crippen LogP contribution >= 0.6 is 0 Å². The van der Waals surface area contributed by atoms with Crippen molar-refractivity contribution in [1.29, 1.82) is 5.26 Å². The van der Waals surface area contributed by atoms with E-state index in [4.69, 9.17) is 10.00 Å². The lowest BCUT2D eigenvalue weighted by molar-refractivity contribution is 0.214. The minimum absolute atomic E-state index is 0.391. The molecule has 1 atom stereocenters. The molecule has 0 saturated carbocycles. The smallest absolute Gasteiger partial charge is 0.122 e. The Labute approximate surface area is 103 Å². The van der Waals surface area contributed by atoms with Crippen LogP contribution in [0, 0.1) is 11.3 Å². The third-order valence-electron chi connectivity index (χ3n) is 3.26. The van der Waals surface area contributed by atoms with Crippen molar-refractivity contribution < 1.29 is 4.74 Å². The monoisotopic (exact) mass is 230 g/mol. The summed E-state index contributed by atoms with van der Waals surface area (Å²) in [6.45, 7) is 6.35. The van der Waals surface area contributed by atoms with Gasteiger partial charge in [0, 0.05) is 24.1 Å². The van der Waals surface area contributed by atoms with Gasteiger partial charge in [0.1, 0.15) is 5.75 Å². The van der Waals surface area contributed by atoms with Crippen molar-refractivity contribution in [2.24, 2.45) is 0 Å². The highest BCUT2D eigenvalue weighted by atomic mass is 16.5. The van der Waals surface area contributed by atoms with E-state index >= 15 is 0 Å². The molecule has 0 saturated heterocycles. The zero-order valence-electron chi connectivity index (χ0n) is 10.4. The number of hydrogen-bond donors (Lipinski definition) is 0. The molecule has 1 heterocycles. The number of rotatable bonds is 4. The molecule has 0 aliphatic carbocycles. The first-order valence-corrected chi connectivity index (χ1v) is 6.05. The highest BCUT2D eigenvalue weighted by molar-refractivity contribution is 5.39. The van der Waals surface area contributed by atoms with Gasteiger partial charge in [-0.3, -0.25) is 4.90 Å². The van der Waals surface area contributed by atoms with Crippen LogP contribution in [0.15, 0.2) is 24.3 Å². The summed E-state index contributed by atoms with van der Waals surface area (Å²) in [6.07, 6.45) is 0. The van der Waals surface area contributed by atoms with Crippen molar-refractivity contribution >= 4 is 0 Å². The minimum atomic E-state index is 0.391. The molecule has 1 aliphatic heterocycles. The zero-order chi connectivity index (χ0) is 12.3. The van der Waals surface area contributed by atoms with Crippen LogP contribution in [0.1, 0.15) is 25.3 Å². The Morgan fingerprint density at radius 1 is 1.47 bits per heavy atom. The van der Waals surface area contributed by atoms with Crippen LogP contribution in [0.3, 0.4) is 0 Å². The van der Waals surface area contributed by atoms with Crippen LogP contribution in [0.4, 0.5) is 0 Å². The molecule has 90 valence electrons. The van der Waals surface area contributed by atoms with E-state index in [2.05, 4.69) is 30.9 Å². The summed E-state index contributed by atoms with van der Waals surface area (Å²) < 4.78 is 5.66. The summed E-state index contributed by atoms with van der Waals surface area (Å²) in [7, 11) is 0. The average molecular weight is 230 g/mol. The maximum atomic E-state index is 8.83. The van der Waals surface area contributed by atoms with Crippen LogP contribution in [0.2, 0.25) is 0 Å². The molecule has 0 radical (unpaired) electrons. The molecule has 0 N–H and O–H groups in total. The summed E-state index contributed by atoms with van der Waals surface area (Å²) in [5, 5.41) is 8.83. The molecule has 0 bridgehead atoms. The van der Waals surface area contributed by atoms with Gasteiger partial charge in [-0.15, -0.1) is 0 Å². The summed E-state index contributed by atoms with van der Waals surface area (Å²) in [4.78, 5) is 2.19. The van der Waals surface area contributed by atoms with Gasteiger partial charge in [0.25, 0.3) is 0 Å². The van der Waals surface area contributed by atoms with Crippen molar-refractivity contribution in [3.05, 3.63) is 29.8 Å². The molecule has 1 unspecified atom stereocenters. The van der Waals surface area contributed by atoms with E-state index in [-0.39, 0.29) is 0 Å². The molecule has 1 aliphatic rings. The Kier molecular flexibility index (Phi) is 3.65. The van der Waals surface area contributed by atoms with Gasteiger partial charge in [0.05, 0.1) is 19.2 Å². The van der Waals surface area contributed by atoms with E-state index in [1.165, 1.54) is 5.56 Å². The fraction of sp³-hybridized carbons (Fsp3) is 0.500. The standard InChI is InChI=1S/C14H18N2O/c1-11(2)16(8-7-15)9-12-10-17-14-6-4-3-5-13(12)14/h3-6,11-12H,8-10H2,1-2H3. The lowest BCUT2D eigenvalue weighted by atomic mass is 10.0. The van der Waals surface area contributed by atoms with Crippen LogP contribution < -0.4 is 4.74 Å². The lowest BCUT2D eigenvalue weighted by Crippen LogP contribution is -2.35. The number of nitriles is 1. The van der Waals surface area contributed by atoms with Gasteiger partial charge in [0.2, 0.25) is 0 Å². The lowest BCUT2D eigenvalue weighted by Gasteiger charge is -2.26. The summed E-state index contributed by atoms with van der Waals surface area (Å²) >= 11 is 0. The molecule has 0 spiro atoms.